The third-order valence-corrected chi connectivity index (χ3v) is 5.09. The Morgan fingerprint density at radius 1 is 1.30 bits per heavy atom. The number of anilines is 1. The smallest absolute Gasteiger partial charge is 0.378 e. The van der Waals surface area contributed by atoms with Crippen molar-refractivity contribution in [3.63, 3.8) is 0 Å². The molecule has 30 heavy (non-hydrogen) atoms. The number of hydrogen-bond acceptors (Lipinski definition) is 4. The van der Waals surface area contributed by atoms with Crippen LogP contribution in [-0.4, -0.2) is 40.9 Å². The highest BCUT2D eigenvalue weighted by atomic mass is 127. The van der Waals surface area contributed by atoms with Crippen molar-refractivity contribution in [3.05, 3.63) is 56.6 Å². The summed E-state index contributed by atoms with van der Waals surface area (Å²) in [5.74, 6) is -8.08. The minimum atomic E-state index is -4.07. The Labute approximate surface area is 187 Å². The molecule has 1 N–H and O–H groups in total. The topological polar surface area (TPSA) is 75.3 Å². The normalized spacial score (nSPS) is 11.5. The first kappa shape index (κ1) is 22.3. The summed E-state index contributed by atoms with van der Waals surface area (Å²) in [6.45, 7) is -0.316. The van der Waals surface area contributed by atoms with Gasteiger partial charge in [-0.15, -0.1) is 0 Å². The van der Waals surface area contributed by atoms with E-state index in [0.717, 1.165) is 9.64 Å². The zero-order chi connectivity index (χ0) is 22.1. The number of amides is 1. The van der Waals surface area contributed by atoms with Gasteiger partial charge in [-0.2, -0.15) is 8.78 Å². The van der Waals surface area contributed by atoms with Crippen molar-refractivity contribution in [1.82, 2.24) is 9.97 Å². The summed E-state index contributed by atoms with van der Waals surface area (Å²) in [5, 5.41) is -0.545. The summed E-state index contributed by atoms with van der Waals surface area (Å²) in [4.78, 5) is 32.1. The van der Waals surface area contributed by atoms with Gasteiger partial charge < -0.3 is 9.72 Å². The van der Waals surface area contributed by atoms with Gasteiger partial charge in [-0.1, -0.05) is 17.7 Å². The van der Waals surface area contributed by atoms with Crippen molar-refractivity contribution in [2.24, 2.45) is 0 Å². The quantitative estimate of drug-likeness (QED) is 0.353. The SMILES string of the molecule is CCOC(=O)C(F)(F)CN(C(=O)c1nc2cc(I)ccc2[nH]1)c1cccc(F)c1Cl. The maximum Gasteiger partial charge on any atom is 0.378 e. The van der Waals surface area contributed by atoms with Gasteiger partial charge in [0.1, 0.15) is 17.4 Å². The Hall–Kier alpha value is -2.34. The minimum Gasteiger partial charge on any atom is -0.462 e. The molecule has 0 fully saturated rings. The second-order valence-corrected chi connectivity index (χ2v) is 7.76. The van der Waals surface area contributed by atoms with Crippen LogP contribution < -0.4 is 4.90 Å². The molecule has 1 heterocycles. The van der Waals surface area contributed by atoms with E-state index in [9.17, 15) is 22.8 Å². The lowest BCUT2D eigenvalue weighted by molar-refractivity contribution is -0.169. The molecule has 158 valence electrons. The van der Waals surface area contributed by atoms with Crippen molar-refractivity contribution in [3.8, 4) is 0 Å². The molecule has 3 aromatic rings. The zero-order valence-corrected chi connectivity index (χ0v) is 18.3. The molecule has 1 amide bonds. The molecular formula is C19H14ClF3IN3O3. The summed E-state index contributed by atoms with van der Waals surface area (Å²) >= 11 is 7.99. The lowest BCUT2D eigenvalue weighted by atomic mass is 10.2. The van der Waals surface area contributed by atoms with Crippen molar-refractivity contribution in [1.29, 1.82) is 0 Å². The number of nitrogens with zero attached hydrogens (tertiary/aromatic N) is 2. The second kappa shape index (κ2) is 8.80. The van der Waals surface area contributed by atoms with Crippen LogP contribution in [0.3, 0.4) is 0 Å². The predicted molar refractivity (Wildman–Crippen MR) is 113 cm³/mol. The first-order chi connectivity index (χ1) is 14.1. The number of carbonyl (C=O) groups excluding carboxylic acids is 2. The third-order valence-electron chi connectivity index (χ3n) is 4.05. The van der Waals surface area contributed by atoms with Crippen LogP contribution in [0.1, 0.15) is 17.5 Å². The summed E-state index contributed by atoms with van der Waals surface area (Å²) in [6.07, 6.45) is 0. The molecule has 0 bridgehead atoms. The second-order valence-electron chi connectivity index (χ2n) is 6.14. The van der Waals surface area contributed by atoms with E-state index in [-0.39, 0.29) is 18.1 Å². The first-order valence-electron chi connectivity index (χ1n) is 8.60. The number of esters is 1. The van der Waals surface area contributed by atoms with Crippen molar-refractivity contribution < 1.29 is 27.5 Å². The Morgan fingerprint density at radius 3 is 2.73 bits per heavy atom. The van der Waals surface area contributed by atoms with Crippen LogP contribution >= 0.6 is 34.2 Å². The van der Waals surface area contributed by atoms with E-state index in [0.29, 0.717) is 15.9 Å². The number of H-pyrrole nitrogens is 1. The number of hydrogen-bond donors (Lipinski definition) is 1. The van der Waals surface area contributed by atoms with Gasteiger partial charge in [0.05, 0.1) is 23.3 Å². The highest BCUT2D eigenvalue weighted by Crippen LogP contribution is 2.32. The van der Waals surface area contributed by atoms with Crippen LogP contribution in [0, 0.1) is 9.39 Å². The molecule has 3 rings (SSSR count). The fourth-order valence-corrected chi connectivity index (χ4v) is 3.38. The van der Waals surface area contributed by atoms with Crippen molar-refractivity contribution >= 4 is 62.8 Å². The summed E-state index contributed by atoms with van der Waals surface area (Å²) in [6, 6.07) is 8.55. The molecule has 2 aromatic carbocycles. The van der Waals surface area contributed by atoms with Gasteiger partial charge in [-0.3, -0.25) is 9.69 Å². The number of benzene rings is 2. The first-order valence-corrected chi connectivity index (χ1v) is 10.1. The van der Waals surface area contributed by atoms with Crippen LogP contribution in [0.5, 0.6) is 0 Å². The van der Waals surface area contributed by atoms with E-state index in [2.05, 4.69) is 37.3 Å². The average molecular weight is 552 g/mol. The maximum atomic E-state index is 14.5. The molecule has 0 spiro atoms. The highest BCUT2D eigenvalue weighted by molar-refractivity contribution is 14.1. The highest BCUT2D eigenvalue weighted by Gasteiger charge is 2.45. The summed E-state index contributed by atoms with van der Waals surface area (Å²) < 4.78 is 48.1. The van der Waals surface area contributed by atoms with E-state index in [1.54, 1.807) is 18.2 Å². The average Bonchev–Trinajstić information content (AvgIpc) is 3.11. The van der Waals surface area contributed by atoms with E-state index in [4.69, 9.17) is 11.6 Å². The van der Waals surface area contributed by atoms with Gasteiger partial charge in [0.2, 0.25) is 0 Å². The van der Waals surface area contributed by atoms with Gasteiger partial charge >= 0.3 is 11.9 Å². The monoisotopic (exact) mass is 551 g/mol. The van der Waals surface area contributed by atoms with E-state index < -0.39 is 35.2 Å². The standard InChI is InChI=1S/C19H14ClF3IN3O3/c1-2-30-18(29)19(22,23)9-27(14-5-3-4-11(21)15(14)20)17(28)16-25-12-7-6-10(24)8-13(12)26-16/h3-8H,2,9H2,1H3,(H,25,26). The number of carbonyl (C=O) groups is 2. The number of ether oxygens (including phenoxy) is 1. The molecule has 0 aliphatic carbocycles. The molecule has 1 aromatic heterocycles. The molecule has 6 nitrogen and oxygen atoms in total. The Balaban J connectivity index is 2.06. The molecule has 0 radical (unpaired) electrons. The van der Waals surface area contributed by atoms with Crippen LogP contribution in [-0.2, 0) is 9.53 Å². The van der Waals surface area contributed by atoms with Gasteiger partial charge in [0, 0.05) is 3.57 Å². The fraction of sp³-hybridized carbons (Fsp3) is 0.211. The van der Waals surface area contributed by atoms with E-state index in [1.165, 1.54) is 19.1 Å². The number of aromatic nitrogens is 2. The lowest BCUT2D eigenvalue weighted by Crippen LogP contribution is -2.46. The van der Waals surface area contributed by atoms with Gasteiger partial charge in [-0.25, -0.2) is 14.2 Å². The largest absolute Gasteiger partial charge is 0.462 e. The predicted octanol–water partition coefficient (Wildman–Crippen LogP) is 4.81. The zero-order valence-electron chi connectivity index (χ0n) is 15.4. The maximum absolute atomic E-state index is 14.5. The molecular weight excluding hydrogens is 538 g/mol. The number of rotatable bonds is 6. The molecule has 0 saturated carbocycles. The van der Waals surface area contributed by atoms with Crippen LogP contribution in [0.2, 0.25) is 5.02 Å². The summed E-state index contributed by atoms with van der Waals surface area (Å²) in [5.41, 5.74) is 0.606. The molecule has 0 atom stereocenters. The third kappa shape index (κ3) is 4.53. The van der Waals surface area contributed by atoms with Crippen molar-refractivity contribution in [2.75, 3.05) is 18.1 Å². The van der Waals surface area contributed by atoms with Crippen LogP contribution in [0.4, 0.5) is 18.9 Å². The van der Waals surface area contributed by atoms with Gasteiger partial charge in [0.15, 0.2) is 5.82 Å². The lowest BCUT2D eigenvalue weighted by Gasteiger charge is -2.26. The number of alkyl halides is 2. The number of imidazole rings is 1. The van der Waals surface area contributed by atoms with Crippen LogP contribution in [0.25, 0.3) is 11.0 Å². The molecule has 0 aliphatic heterocycles. The Kier molecular flexibility index (Phi) is 6.56. The Bertz CT molecular complexity index is 1120. The minimum absolute atomic E-state index is 0.271. The van der Waals surface area contributed by atoms with E-state index >= 15 is 0 Å². The summed E-state index contributed by atoms with van der Waals surface area (Å²) in [7, 11) is 0. The Morgan fingerprint density at radius 2 is 2.03 bits per heavy atom. The fourth-order valence-electron chi connectivity index (χ4n) is 2.68. The van der Waals surface area contributed by atoms with E-state index in [1.807, 2.05) is 0 Å². The molecule has 11 heteroatoms. The van der Waals surface area contributed by atoms with Crippen molar-refractivity contribution in [2.45, 2.75) is 12.8 Å². The number of halogens is 5. The van der Waals surface area contributed by atoms with Crippen LogP contribution in [0.15, 0.2) is 36.4 Å². The number of nitrogens with one attached hydrogen (secondary N) is 1. The molecule has 0 saturated heterocycles. The van der Waals surface area contributed by atoms with Gasteiger partial charge in [0.25, 0.3) is 5.91 Å². The number of fused-ring (bicyclic) bond motifs is 1. The molecule has 0 aliphatic rings. The number of aromatic amines is 1. The van der Waals surface area contributed by atoms with Gasteiger partial charge in [-0.05, 0) is 59.8 Å². The molecule has 0 unspecified atom stereocenters.